The van der Waals surface area contributed by atoms with Gasteiger partial charge < -0.3 is 5.73 Å². The summed E-state index contributed by atoms with van der Waals surface area (Å²) in [6.07, 6.45) is 0. The molecule has 0 spiro atoms. The molecule has 0 amide bonds. The molecule has 106 valence electrons. The van der Waals surface area contributed by atoms with Crippen molar-refractivity contribution >= 4 is 48.7 Å². The van der Waals surface area contributed by atoms with Crippen molar-refractivity contribution in [3.8, 4) is 6.07 Å². The minimum Gasteiger partial charge on any atom is -0.320 e. The van der Waals surface area contributed by atoms with E-state index in [1.807, 2.05) is 0 Å². The largest absolute Gasteiger partial charge is 0.320 e. The Hall–Kier alpha value is -0.130. The lowest BCUT2D eigenvalue weighted by Gasteiger charge is -2.27. The average molecular weight is 386 g/mol. The van der Waals surface area contributed by atoms with Crippen molar-refractivity contribution < 1.29 is 8.42 Å². The predicted octanol–water partition coefficient (Wildman–Crippen LogP) is 3.05. The number of rotatable bonds is 4. The maximum Gasteiger partial charge on any atom is 0.170 e. The number of hydrogen-bond donors (Lipinski definition) is 1. The van der Waals surface area contributed by atoms with Crippen molar-refractivity contribution in [2.75, 3.05) is 5.75 Å². The molecule has 0 aromatic carbocycles. The molecule has 1 heterocycles. The summed E-state index contributed by atoms with van der Waals surface area (Å²) in [5.74, 6) is -0.340. The number of sulfone groups is 1. The van der Waals surface area contributed by atoms with Crippen LogP contribution in [0.5, 0.6) is 0 Å². The smallest absolute Gasteiger partial charge is 0.170 e. The first-order valence-corrected chi connectivity index (χ1v) is 8.95. The van der Waals surface area contributed by atoms with Gasteiger partial charge in [0.05, 0.1) is 26.2 Å². The minimum atomic E-state index is -3.68. The van der Waals surface area contributed by atoms with Gasteiger partial charge in [0.1, 0.15) is 0 Å². The summed E-state index contributed by atoms with van der Waals surface area (Å²) in [6, 6.07) is 3.47. The fourth-order valence-electron chi connectivity index (χ4n) is 1.44. The number of hydrogen-bond acceptors (Lipinski definition) is 5. The topological polar surface area (TPSA) is 84.0 Å². The number of halogens is 2. The zero-order valence-corrected chi connectivity index (χ0v) is 14.7. The molecule has 0 unspecified atom stereocenters. The molecule has 0 aliphatic heterocycles. The maximum absolute atomic E-state index is 12.2. The van der Waals surface area contributed by atoms with E-state index in [4.69, 9.17) is 22.6 Å². The second kappa shape index (κ2) is 5.34. The summed E-state index contributed by atoms with van der Waals surface area (Å²) in [4.78, 5) is 0.582. The first-order valence-electron chi connectivity index (χ1n) is 5.31. The third-order valence-corrected chi connectivity index (χ3v) is 7.67. The average Bonchev–Trinajstić information content (AvgIpc) is 2.56. The molecule has 19 heavy (non-hydrogen) atoms. The fraction of sp³-hybridized carbons (Fsp3) is 0.545. The van der Waals surface area contributed by atoms with Crippen molar-refractivity contribution in [2.45, 2.75) is 31.1 Å². The van der Waals surface area contributed by atoms with Gasteiger partial charge in [0.25, 0.3) is 0 Å². The molecule has 0 radical (unpaired) electrons. The van der Waals surface area contributed by atoms with Gasteiger partial charge in [0.2, 0.25) is 0 Å². The molecule has 0 saturated heterocycles. The number of nitrogens with zero attached hydrogens (tertiary/aromatic N) is 1. The Morgan fingerprint density at radius 2 is 2.05 bits per heavy atom. The van der Waals surface area contributed by atoms with Gasteiger partial charge in [-0.3, -0.25) is 0 Å². The molecule has 2 N–H and O–H groups in total. The van der Waals surface area contributed by atoms with Gasteiger partial charge in [-0.2, -0.15) is 5.26 Å². The molecular weight excluding hydrogens is 372 g/mol. The van der Waals surface area contributed by atoms with Crippen LogP contribution in [-0.2, 0) is 15.4 Å². The third kappa shape index (κ3) is 3.50. The number of nitriles is 1. The van der Waals surface area contributed by atoms with Crippen molar-refractivity contribution in [3.63, 3.8) is 0 Å². The highest BCUT2D eigenvalue weighted by atomic mass is 79.9. The van der Waals surface area contributed by atoms with Crippen LogP contribution in [-0.4, -0.2) is 18.9 Å². The van der Waals surface area contributed by atoms with Crippen molar-refractivity contribution in [3.05, 3.63) is 19.8 Å². The van der Waals surface area contributed by atoms with Gasteiger partial charge in [-0.25, -0.2) is 8.42 Å². The Morgan fingerprint density at radius 1 is 1.53 bits per heavy atom. The SMILES string of the molecule is CC(C)(C#N)S(=O)(=O)C[C@](C)(N)c1sc(Br)cc1Cl. The lowest BCUT2D eigenvalue weighted by atomic mass is 10.1. The second-order valence-corrected chi connectivity index (χ2v) is 10.4. The standard InChI is InChI=1S/C11H14BrClN2O2S2/c1-10(2,5-14)19(16,17)6-11(3,15)9-7(13)4-8(12)18-9/h4H,6,15H2,1-3H3/t11-/m0/s1. The summed E-state index contributed by atoms with van der Waals surface area (Å²) in [7, 11) is -3.68. The van der Waals surface area contributed by atoms with Crippen LogP contribution >= 0.6 is 38.9 Å². The van der Waals surface area contributed by atoms with Gasteiger partial charge >= 0.3 is 0 Å². The van der Waals surface area contributed by atoms with E-state index in [0.29, 0.717) is 9.90 Å². The monoisotopic (exact) mass is 384 g/mol. The lowest BCUT2D eigenvalue weighted by Crippen LogP contribution is -2.45. The van der Waals surface area contributed by atoms with Gasteiger partial charge in [-0.05, 0) is 42.8 Å². The summed E-state index contributed by atoms with van der Waals surface area (Å²) in [5.41, 5.74) is 4.97. The highest BCUT2D eigenvalue weighted by molar-refractivity contribution is 9.11. The van der Waals surface area contributed by atoms with Crippen molar-refractivity contribution in [1.29, 1.82) is 5.26 Å². The summed E-state index contributed by atoms with van der Waals surface area (Å²) >= 11 is 10.6. The fourth-order valence-corrected chi connectivity index (χ4v) is 5.15. The molecule has 0 aliphatic carbocycles. The number of nitrogens with two attached hydrogens (primary N) is 1. The third-order valence-electron chi connectivity index (χ3n) is 2.71. The van der Waals surface area contributed by atoms with Crippen LogP contribution in [0, 0.1) is 11.3 Å². The molecule has 1 aromatic rings. The summed E-state index contributed by atoms with van der Waals surface area (Å²) in [5, 5.41) is 9.38. The first kappa shape index (κ1) is 16.9. The highest BCUT2D eigenvalue weighted by Crippen LogP contribution is 2.38. The Labute approximate surface area is 130 Å². The van der Waals surface area contributed by atoms with Crippen LogP contribution in [0.15, 0.2) is 9.85 Å². The minimum absolute atomic E-state index is 0.340. The molecular formula is C11H14BrClN2O2S2. The Kier molecular flexibility index (Phi) is 4.75. The lowest BCUT2D eigenvalue weighted by molar-refractivity contribution is 0.523. The Bertz CT molecular complexity index is 630. The van der Waals surface area contributed by atoms with E-state index >= 15 is 0 Å². The van der Waals surface area contributed by atoms with Gasteiger partial charge in [-0.15, -0.1) is 11.3 Å². The molecule has 0 fully saturated rings. The summed E-state index contributed by atoms with van der Waals surface area (Å²) in [6.45, 7) is 4.33. The molecule has 1 atom stereocenters. The van der Waals surface area contributed by atoms with E-state index in [1.165, 1.54) is 25.2 Å². The molecule has 1 rings (SSSR count). The van der Waals surface area contributed by atoms with E-state index in [0.717, 1.165) is 3.79 Å². The predicted molar refractivity (Wildman–Crippen MR) is 82.0 cm³/mol. The van der Waals surface area contributed by atoms with E-state index in [1.54, 1.807) is 19.1 Å². The molecule has 0 aliphatic rings. The Balaban J connectivity index is 3.19. The zero-order chi connectivity index (χ0) is 15.1. The second-order valence-electron chi connectivity index (χ2n) is 5.03. The van der Waals surface area contributed by atoms with Crippen LogP contribution in [0.2, 0.25) is 5.02 Å². The van der Waals surface area contributed by atoms with Crippen LogP contribution in [0.25, 0.3) is 0 Å². The van der Waals surface area contributed by atoms with E-state index in [9.17, 15) is 8.42 Å². The van der Waals surface area contributed by atoms with E-state index in [-0.39, 0.29) is 5.75 Å². The Morgan fingerprint density at radius 3 is 2.42 bits per heavy atom. The summed E-state index contributed by atoms with van der Waals surface area (Å²) < 4.78 is 23.8. The first-order chi connectivity index (χ1) is 8.43. The van der Waals surface area contributed by atoms with Crippen LogP contribution in [0.4, 0.5) is 0 Å². The number of thiophene rings is 1. The van der Waals surface area contributed by atoms with Gasteiger partial charge in [0, 0.05) is 4.88 Å². The van der Waals surface area contributed by atoms with Gasteiger partial charge in [-0.1, -0.05) is 11.6 Å². The van der Waals surface area contributed by atoms with E-state index < -0.39 is 20.1 Å². The molecule has 0 bridgehead atoms. The normalized spacial score (nSPS) is 15.8. The van der Waals surface area contributed by atoms with Crippen LogP contribution in [0.1, 0.15) is 25.6 Å². The molecule has 4 nitrogen and oxygen atoms in total. The van der Waals surface area contributed by atoms with Crippen LogP contribution in [0.3, 0.4) is 0 Å². The van der Waals surface area contributed by atoms with Crippen molar-refractivity contribution in [2.24, 2.45) is 5.73 Å². The molecule has 0 saturated carbocycles. The zero-order valence-electron chi connectivity index (χ0n) is 10.7. The highest BCUT2D eigenvalue weighted by Gasteiger charge is 2.41. The van der Waals surface area contributed by atoms with Crippen LogP contribution < -0.4 is 5.73 Å². The quantitative estimate of drug-likeness (QED) is 0.863. The molecule has 8 heteroatoms. The van der Waals surface area contributed by atoms with Gasteiger partial charge in [0.15, 0.2) is 14.6 Å². The van der Waals surface area contributed by atoms with Crippen molar-refractivity contribution in [1.82, 2.24) is 0 Å². The maximum atomic E-state index is 12.2. The van der Waals surface area contributed by atoms with E-state index in [2.05, 4.69) is 15.9 Å². The molecule has 1 aromatic heterocycles.